The number of aromatic amines is 1. The normalized spacial score (nSPS) is 11.6. The predicted molar refractivity (Wildman–Crippen MR) is 67.8 cm³/mol. The molecule has 2 aromatic rings. The largest absolute Gasteiger partial charge is 0.497 e. The van der Waals surface area contributed by atoms with E-state index in [-0.39, 0.29) is 5.82 Å². The van der Waals surface area contributed by atoms with Crippen molar-refractivity contribution >= 4 is 26.8 Å². The molecule has 0 saturated carbocycles. The lowest BCUT2D eigenvalue weighted by molar-refractivity contribution is -0.134. The molecule has 7 nitrogen and oxygen atoms in total. The van der Waals surface area contributed by atoms with Gasteiger partial charge >= 0.3 is 5.97 Å². The van der Waals surface area contributed by atoms with Crippen LogP contribution in [0.25, 0.3) is 11.0 Å². The van der Waals surface area contributed by atoms with Crippen LogP contribution in [0.1, 0.15) is 5.82 Å². The molecule has 0 saturated heterocycles. The minimum Gasteiger partial charge on any atom is -0.497 e. The van der Waals surface area contributed by atoms with E-state index in [4.69, 9.17) is 9.84 Å². The number of aliphatic carboxylic acids is 1. The van der Waals surface area contributed by atoms with E-state index in [1.807, 2.05) is 0 Å². The zero-order valence-corrected chi connectivity index (χ0v) is 10.9. The SMILES string of the molecule is COc1ccc2nc(CS(=O)(=O)CC(=O)O)[nH]c2c1. The molecule has 0 aliphatic carbocycles. The lowest BCUT2D eigenvalue weighted by atomic mass is 10.3. The highest BCUT2D eigenvalue weighted by atomic mass is 32.2. The number of fused-ring (bicyclic) bond motifs is 1. The third-order valence-electron chi connectivity index (χ3n) is 2.44. The number of H-pyrrole nitrogens is 1. The van der Waals surface area contributed by atoms with Crippen molar-refractivity contribution in [1.29, 1.82) is 0 Å². The number of aromatic nitrogens is 2. The molecule has 1 aromatic heterocycles. The van der Waals surface area contributed by atoms with Gasteiger partial charge in [-0.25, -0.2) is 13.4 Å². The van der Waals surface area contributed by atoms with E-state index in [1.165, 1.54) is 7.11 Å². The zero-order valence-electron chi connectivity index (χ0n) is 10.1. The average Bonchev–Trinajstić information content (AvgIpc) is 2.66. The van der Waals surface area contributed by atoms with Crippen LogP contribution in [0, 0.1) is 0 Å². The van der Waals surface area contributed by atoms with Gasteiger partial charge < -0.3 is 14.8 Å². The molecule has 0 atom stereocenters. The zero-order chi connectivity index (χ0) is 14.0. The van der Waals surface area contributed by atoms with Crippen molar-refractivity contribution in [3.63, 3.8) is 0 Å². The lowest BCUT2D eigenvalue weighted by Crippen LogP contribution is -2.17. The highest BCUT2D eigenvalue weighted by Gasteiger charge is 2.18. The fraction of sp³-hybridized carbons (Fsp3) is 0.273. The van der Waals surface area contributed by atoms with E-state index in [9.17, 15) is 13.2 Å². The standard InChI is InChI=1S/C11H12N2O5S/c1-18-7-2-3-8-9(4-7)13-10(12-8)5-19(16,17)6-11(14)15/h2-4H,5-6H2,1H3,(H,12,13)(H,14,15). The number of benzene rings is 1. The van der Waals surface area contributed by atoms with Gasteiger partial charge in [0, 0.05) is 6.07 Å². The van der Waals surface area contributed by atoms with Gasteiger partial charge in [0.15, 0.2) is 9.84 Å². The average molecular weight is 284 g/mol. The summed E-state index contributed by atoms with van der Waals surface area (Å²) < 4.78 is 28.1. The number of ether oxygens (including phenoxy) is 1. The maximum atomic E-state index is 11.5. The molecule has 0 radical (unpaired) electrons. The number of nitrogens with one attached hydrogen (secondary N) is 1. The highest BCUT2D eigenvalue weighted by molar-refractivity contribution is 7.91. The third kappa shape index (κ3) is 3.22. The minimum absolute atomic E-state index is 0.213. The number of carboxylic acid groups (broad SMARTS) is 1. The number of nitrogens with zero attached hydrogens (tertiary/aromatic N) is 1. The minimum atomic E-state index is -3.72. The van der Waals surface area contributed by atoms with Crippen LogP contribution in [0.15, 0.2) is 18.2 Å². The van der Waals surface area contributed by atoms with Crippen molar-refractivity contribution in [2.24, 2.45) is 0 Å². The van der Waals surface area contributed by atoms with Crippen molar-refractivity contribution in [3.05, 3.63) is 24.0 Å². The fourth-order valence-corrected chi connectivity index (χ4v) is 2.72. The molecule has 1 heterocycles. The van der Waals surface area contributed by atoms with Gasteiger partial charge in [-0.1, -0.05) is 0 Å². The van der Waals surface area contributed by atoms with Gasteiger partial charge in [0.2, 0.25) is 0 Å². The van der Waals surface area contributed by atoms with E-state index in [2.05, 4.69) is 9.97 Å². The Morgan fingerprint density at radius 3 is 2.84 bits per heavy atom. The quantitative estimate of drug-likeness (QED) is 0.830. The number of carbonyl (C=O) groups is 1. The number of carboxylic acids is 1. The van der Waals surface area contributed by atoms with E-state index < -0.39 is 27.3 Å². The molecular weight excluding hydrogens is 272 g/mol. The summed E-state index contributed by atoms with van der Waals surface area (Å²) in [5.74, 6) is -1.89. The molecule has 0 aliphatic rings. The molecule has 0 fully saturated rings. The van der Waals surface area contributed by atoms with E-state index in [1.54, 1.807) is 18.2 Å². The van der Waals surface area contributed by atoms with E-state index in [0.29, 0.717) is 16.8 Å². The number of methoxy groups -OCH3 is 1. The van der Waals surface area contributed by atoms with E-state index >= 15 is 0 Å². The molecule has 0 aliphatic heterocycles. The second-order valence-corrected chi connectivity index (χ2v) is 6.06. The molecule has 0 spiro atoms. The van der Waals surface area contributed by atoms with Crippen LogP contribution in [0.2, 0.25) is 0 Å². The van der Waals surface area contributed by atoms with Gasteiger partial charge in [-0.15, -0.1) is 0 Å². The third-order valence-corrected chi connectivity index (χ3v) is 3.84. The molecule has 0 amide bonds. The van der Waals surface area contributed by atoms with Crippen molar-refractivity contribution in [1.82, 2.24) is 9.97 Å². The number of sulfone groups is 1. The van der Waals surface area contributed by atoms with Crippen LogP contribution in [-0.2, 0) is 20.4 Å². The van der Waals surface area contributed by atoms with Gasteiger partial charge in [0.05, 0.1) is 18.1 Å². The molecule has 2 rings (SSSR count). The lowest BCUT2D eigenvalue weighted by Gasteiger charge is -1.97. The number of imidazole rings is 1. The molecule has 102 valence electrons. The van der Waals surface area contributed by atoms with Gasteiger partial charge in [0.1, 0.15) is 23.1 Å². The summed E-state index contributed by atoms with van der Waals surface area (Å²) in [6, 6.07) is 5.09. The topological polar surface area (TPSA) is 109 Å². The maximum Gasteiger partial charge on any atom is 0.318 e. The monoisotopic (exact) mass is 284 g/mol. The van der Waals surface area contributed by atoms with E-state index in [0.717, 1.165) is 0 Å². The van der Waals surface area contributed by atoms with Gasteiger partial charge in [0.25, 0.3) is 0 Å². The Labute approximate surface area is 109 Å². The molecule has 8 heteroatoms. The second kappa shape index (κ2) is 4.88. The van der Waals surface area contributed by atoms with Gasteiger partial charge in [-0.2, -0.15) is 0 Å². The maximum absolute atomic E-state index is 11.5. The molecule has 0 bridgehead atoms. The van der Waals surface area contributed by atoms with Crippen LogP contribution >= 0.6 is 0 Å². The molecule has 2 N–H and O–H groups in total. The number of rotatable bonds is 5. The first-order valence-corrected chi connectivity index (χ1v) is 7.16. The summed E-state index contributed by atoms with van der Waals surface area (Å²) in [4.78, 5) is 17.4. The van der Waals surface area contributed by atoms with Crippen LogP contribution < -0.4 is 4.74 Å². The van der Waals surface area contributed by atoms with Crippen molar-refractivity contribution in [2.45, 2.75) is 5.75 Å². The molecule has 0 unspecified atom stereocenters. The summed E-state index contributed by atoms with van der Waals surface area (Å²) in [6.45, 7) is 0. The van der Waals surface area contributed by atoms with Crippen LogP contribution in [0.3, 0.4) is 0 Å². The Bertz CT molecular complexity index is 720. The molecule has 19 heavy (non-hydrogen) atoms. The molecule has 1 aromatic carbocycles. The van der Waals surface area contributed by atoms with Crippen LogP contribution in [0.5, 0.6) is 5.75 Å². The summed E-state index contributed by atoms with van der Waals surface area (Å²) in [6.07, 6.45) is 0. The first-order chi connectivity index (χ1) is 8.89. The van der Waals surface area contributed by atoms with Gasteiger partial charge in [-0.3, -0.25) is 4.79 Å². The van der Waals surface area contributed by atoms with Crippen molar-refractivity contribution < 1.29 is 23.1 Å². The Morgan fingerprint density at radius 2 is 2.21 bits per heavy atom. The smallest absolute Gasteiger partial charge is 0.318 e. The number of hydrogen-bond donors (Lipinski definition) is 2. The van der Waals surface area contributed by atoms with Crippen molar-refractivity contribution in [3.8, 4) is 5.75 Å². The summed E-state index contributed by atoms with van der Waals surface area (Å²) >= 11 is 0. The Hall–Kier alpha value is -2.09. The predicted octanol–water partition coefficient (Wildman–Crippen LogP) is 0.571. The van der Waals surface area contributed by atoms with Crippen LogP contribution in [-0.4, -0.2) is 42.3 Å². The Kier molecular flexibility index (Phi) is 3.43. The first kappa shape index (κ1) is 13.3. The highest BCUT2D eigenvalue weighted by Crippen LogP contribution is 2.19. The van der Waals surface area contributed by atoms with Crippen LogP contribution in [0.4, 0.5) is 0 Å². The van der Waals surface area contributed by atoms with Crippen molar-refractivity contribution in [2.75, 3.05) is 12.9 Å². The second-order valence-electron chi connectivity index (χ2n) is 3.99. The molecular formula is C11H12N2O5S. The fourth-order valence-electron chi connectivity index (χ4n) is 1.68. The summed E-state index contributed by atoms with van der Waals surface area (Å²) in [7, 11) is -2.20. The van der Waals surface area contributed by atoms with Gasteiger partial charge in [-0.05, 0) is 12.1 Å². The Morgan fingerprint density at radius 1 is 1.47 bits per heavy atom. The Balaban J connectivity index is 2.29. The number of hydrogen-bond acceptors (Lipinski definition) is 5. The summed E-state index contributed by atoms with van der Waals surface area (Å²) in [5.41, 5.74) is 1.24. The first-order valence-electron chi connectivity index (χ1n) is 5.34. The summed E-state index contributed by atoms with van der Waals surface area (Å²) in [5, 5.41) is 8.51.